The number of carbonyl (C=O) groups excluding carboxylic acids is 2. The van der Waals surface area contributed by atoms with Crippen LogP contribution in [0.15, 0.2) is 48.5 Å². The van der Waals surface area contributed by atoms with E-state index in [1.165, 1.54) is 16.3 Å². The van der Waals surface area contributed by atoms with Crippen LogP contribution in [0.3, 0.4) is 0 Å². The zero-order chi connectivity index (χ0) is 26.9. The minimum Gasteiger partial charge on any atom is -0.497 e. The minimum absolute atomic E-state index is 0.0639. The molecule has 2 rings (SSSR count). The van der Waals surface area contributed by atoms with Gasteiger partial charge in [0, 0.05) is 31.1 Å². The summed E-state index contributed by atoms with van der Waals surface area (Å²) in [5.74, 6) is 0.376. The predicted molar refractivity (Wildman–Crippen MR) is 144 cm³/mol. The lowest BCUT2D eigenvalue weighted by Gasteiger charge is -2.30. The molecule has 1 unspecified atom stereocenters. The molecule has 2 aromatic rings. The van der Waals surface area contributed by atoms with Gasteiger partial charge in [-0.05, 0) is 55.2 Å². The summed E-state index contributed by atoms with van der Waals surface area (Å²) in [5.41, 5.74) is 1.21. The molecule has 1 atom stereocenters. The van der Waals surface area contributed by atoms with Gasteiger partial charge in [-0.1, -0.05) is 43.6 Å². The van der Waals surface area contributed by atoms with Crippen molar-refractivity contribution in [3.05, 3.63) is 59.1 Å². The molecule has 0 bridgehead atoms. The zero-order valence-electron chi connectivity index (χ0n) is 21.5. The van der Waals surface area contributed by atoms with Crippen molar-refractivity contribution in [3.8, 4) is 5.75 Å². The topological polar surface area (TPSA) is 96.0 Å². The highest BCUT2D eigenvalue weighted by Gasteiger charge is 2.27. The van der Waals surface area contributed by atoms with Gasteiger partial charge in [-0.2, -0.15) is 0 Å². The Labute approximate surface area is 219 Å². The smallest absolute Gasteiger partial charge is 0.242 e. The second kappa shape index (κ2) is 13.5. The first-order chi connectivity index (χ1) is 16.9. The number of nitrogens with zero attached hydrogens (tertiary/aromatic N) is 2. The average Bonchev–Trinajstić information content (AvgIpc) is 2.83. The fourth-order valence-corrected chi connectivity index (χ4v) is 4.76. The number of anilines is 1. The quantitative estimate of drug-likeness (QED) is 0.415. The third-order valence-electron chi connectivity index (χ3n) is 5.66. The standard InChI is InChI=1S/C26H36ClN3O5S/c1-19(2)17-28-26(32)20(3)29(18-21-9-6-7-10-24(21)27)25(31)11-8-16-30(36(5,33)34)22-12-14-23(35-4)15-13-22/h6-7,9-10,12-15,19-20H,8,11,16-18H2,1-5H3,(H,28,32). The molecule has 1 N–H and O–H groups in total. The lowest BCUT2D eigenvalue weighted by molar-refractivity contribution is -0.140. The van der Waals surface area contributed by atoms with E-state index in [0.29, 0.717) is 23.0 Å². The van der Waals surface area contributed by atoms with Crippen molar-refractivity contribution < 1.29 is 22.7 Å². The van der Waals surface area contributed by atoms with Crippen molar-refractivity contribution in [2.45, 2.75) is 46.2 Å². The molecule has 0 saturated heterocycles. The van der Waals surface area contributed by atoms with Crippen LogP contribution in [0.5, 0.6) is 5.75 Å². The second-order valence-corrected chi connectivity index (χ2v) is 11.4. The van der Waals surface area contributed by atoms with Crippen molar-refractivity contribution in [1.29, 1.82) is 0 Å². The van der Waals surface area contributed by atoms with Crippen molar-refractivity contribution in [2.75, 3.05) is 30.8 Å². The maximum Gasteiger partial charge on any atom is 0.242 e. The first kappa shape index (κ1) is 29.5. The van der Waals surface area contributed by atoms with Gasteiger partial charge in [-0.3, -0.25) is 13.9 Å². The highest BCUT2D eigenvalue weighted by molar-refractivity contribution is 7.92. The van der Waals surface area contributed by atoms with Gasteiger partial charge in [-0.15, -0.1) is 0 Å². The molecule has 0 aliphatic carbocycles. The van der Waals surface area contributed by atoms with Gasteiger partial charge in [0.15, 0.2) is 0 Å². The van der Waals surface area contributed by atoms with Gasteiger partial charge in [-0.25, -0.2) is 8.42 Å². The van der Waals surface area contributed by atoms with E-state index >= 15 is 0 Å². The molecular formula is C26H36ClN3O5S. The predicted octanol–water partition coefficient (Wildman–Crippen LogP) is 4.08. The van der Waals surface area contributed by atoms with Gasteiger partial charge in [0.05, 0.1) is 19.1 Å². The number of sulfonamides is 1. The molecule has 0 spiro atoms. The van der Waals surface area contributed by atoms with Crippen LogP contribution in [-0.4, -0.2) is 57.6 Å². The highest BCUT2D eigenvalue weighted by Crippen LogP contribution is 2.23. The SMILES string of the molecule is COc1ccc(N(CCCC(=O)N(Cc2ccccc2Cl)C(C)C(=O)NCC(C)C)S(C)(=O)=O)cc1. The maximum absolute atomic E-state index is 13.3. The summed E-state index contributed by atoms with van der Waals surface area (Å²) in [6, 6.07) is 13.1. The number of halogens is 1. The third-order valence-corrected chi connectivity index (χ3v) is 7.23. The van der Waals surface area contributed by atoms with Crippen molar-refractivity contribution in [3.63, 3.8) is 0 Å². The summed E-state index contributed by atoms with van der Waals surface area (Å²) in [6.45, 7) is 6.46. The van der Waals surface area contributed by atoms with E-state index in [1.54, 1.807) is 43.3 Å². The van der Waals surface area contributed by atoms with Gasteiger partial charge in [0.2, 0.25) is 21.8 Å². The first-order valence-electron chi connectivity index (χ1n) is 11.9. The van der Waals surface area contributed by atoms with Crippen LogP contribution < -0.4 is 14.4 Å². The van der Waals surface area contributed by atoms with Crippen molar-refractivity contribution in [2.24, 2.45) is 5.92 Å². The molecule has 0 aliphatic heterocycles. The molecule has 0 fully saturated rings. The Balaban J connectivity index is 2.16. The largest absolute Gasteiger partial charge is 0.497 e. The first-order valence-corrected chi connectivity index (χ1v) is 14.1. The molecule has 8 nitrogen and oxygen atoms in total. The zero-order valence-corrected chi connectivity index (χ0v) is 23.1. The number of benzene rings is 2. The van der Waals surface area contributed by atoms with Crippen molar-refractivity contribution >= 4 is 39.1 Å². The van der Waals surface area contributed by atoms with Gasteiger partial charge in [0.1, 0.15) is 11.8 Å². The Morgan fingerprint density at radius 1 is 1.06 bits per heavy atom. The Kier molecular flexibility index (Phi) is 11.0. The van der Waals surface area contributed by atoms with Crippen LogP contribution in [0.1, 0.15) is 39.2 Å². The van der Waals surface area contributed by atoms with Gasteiger partial charge >= 0.3 is 0 Å². The molecular weight excluding hydrogens is 502 g/mol. The van der Waals surface area contributed by atoms with E-state index in [0.717, 1.165) is 11.8 Å². The van der Waals surface area contributed by atoms with E-state index in [2.05, 4.69) is 5.32 Å². The summed E-state index contributed by atoms with van der Waals surface area (Å²) in [7, 11) is -2.03. The molecule has 2 amide bonds. The van der Waals surface area contributed by atoms with E-state index in [4.69, 9.17) is 16.3 Å². The molecule has 0 radical (unpaired) electrons. The summed E-state index contributed by atoms with van der Waals surface area (Å²) in [5, 5.41) is 3.39. The molecule has 0 aromatic heterocycles. The van der Waals surface area contributed by atoms with Crippen LogP contribution in [0.2, 0.25) is 5.02 Å². The van der Waals surface area contributed by atoms with Crippen LogP contribution >= 0.6 is 11.6 Å². The lowest BCUT2D eigenvalue weighted by atomic mass is 10.1. The Bertz CT molecular complexity index is 1120. The second-order valence-electron chi connectivity index (χ2n) is 9.06. The Hall–Kier alpha value is -2.78. The summed E-state index contributed by atoms with van der Waals surface area (Å²) in [6.07, 6.45) is 1.47. The number of hydrogen-bond acceptors (Lipinski definition) is 5. The number of methoxy groups -OCH3 is 1. The Morgan fingerprint density at radius 3 is 2.25 bits per heavy atom. The van der Waals surface area contributed by atoms with Crippen LogP contribution in [0, 0.1) is 5.92 Å². The molecule has 0 heterocycles. The lowest BCUT2D eigenvalue weighted by Crippen LogP contribution is -2.48. The number of amides is 2. The molecule has 0 saturated carbocycles. The Morgan fingerprint density at radius 2 is 1.69 bits per heavy atom. The van der Waals surface area contributed by atoms with E-state index in [9.17, 15) is 18.0 Å². The van der Waals surface area contributed by atoms with Crippen molar-refractivity contribution in [1.82, 2.24) is 10.2 Å². The van der Waals surface area contributed by atoms with Gasteiger partial charge in [0.25, 0.3) is 0 Å². The molecule has 2 aromatic carbocycles. The summed E-state index contributed by atoms with van der Waals surface area (Å²) < 4.78 is 31.3. The molecule has 198 valence electrons. The number of nitrogens with one attached hydrogen (secondary N) is 1. The average molecular weight is 538 g/mol. The fraction of sp³-hybridized carbons (Fsp3) is 0.462. The number of hydrogen-bond donors (Lipinski definition) is 1. The highest BCUT2D eigenvalue weighted by atomic mass is 35.5. The van der Waals surface area contributed by atoms with Crippen LogP contribution in [0.4, 0.5) is 5.69 Å². The van der Waals surface area contributed by atoms with E-state index in [1.807, 2.05) is 26.0 Å². The number of rotatable bonds is 13. The fourth-order valence-electron chi connectivity index (χ4n) is 3.60. The normalized spacial score (nSPS) is 12.2. The van der Waals surface area contributed by atoms with Crippen LogP contribution in [0.25, 0.3) is 0 Å². The number of carbonyl (C=O) groups is 2. The monoisotopic (exact) mass is 537 g/mol. The number of ether oxygens (including phenoxy) is 1. The summed E-state index contributed by atoms with van der Waals surface area (Å²) >= 11 is 6.32. The van der Waals surface area contributed by atoms with E-state index in [-0.39, 0.29) is 43.7 Å². The summed E-state index contributed by atoms with van der Waals surface area (Å²) in [4.78, 5) is 27.6. The van der Waals surface area contributed by atoms with E-state index < -0.39 is 16.1 Å². The minimum atomic E-state index is -3.57. The molecule has 0 aliphatic rings. The molecule has 10 heteroatoms. The maximum atomic E-state index is 13.3. The molecule has 36 heavy (non-hydrogen) atoms. The third kappa shape index (κ3) is 8.71. The van der Waals surface area contributed by atoms with Gasteiger partial charge < -0.3 is 15.0 Å². The van der Waals surface area contributed by atoms with Crippen LogP contribution in [-0.2, 0) is 26.2 Å².